The van der Waals surface area contributed by atoms with Gasteiger partial charge in [0.25, 0.3) is 0 Å². The maximum atomic E-state index is 13.3. The van der Waals surface area contributed by atoms with Crippen LogP contribution in [0.3, 0.4) is 0 Å². The molecule has 0 saturated carbocycles. The highest BCUT2D eigenvalue weighted by Crippen LogP contribution is 2.27. The summed E-state index contributed by atoms with van der Waals surface area (Å²) in [5, 5.41) is 12.2. The minimum atomic E-state index is -1.25. The minimum Gasteiger partial charge on any atom is -0.478 e. The van der Waals surface area contributed by atoms with E-state index < -0.39 is 11.8 Å². The van der Waals surface area contributed by atoms with Crippen LogP contribution >= 0.6 is 0 Å². The van der Waals surface area contributed by atoms with E-state index in [1.54, 1.807) is 7.11 Å². The molecule has 0 saturated heterocycles. The van der Waals surface area contributed by atoms with E-state index in [2.05, 4.69) is 5.32 Å². The van der Waals surface area contributed by atoms with Crippen LogP contribution in [0.25, 0.3) is 0 Å². The molecule has 5 nitrogen and oxygen atoms in total. The molecule has 0 amide bonds. The van der Waals surface area contributed by atoms with E-state index in [-0.39, 0.29) is 16.7 Å². The van der Waals surface area contributed by atoms with Crippen molar-refractivity contribution in [3.63, 3.8) is 0 Å². The lowest BCUT2D eigenvalue weighted by molar-refractivity contribution is 0.0698. The number of nitrogens with two attached hydrogens (primary N) is 1. The zero-order valence-corrected chi connectivity index (χ0v) is 12.0. The van der Waals surface area contributed by atoms with Gasteiger partial charge < -0.3 is 20.9 Å². The van der Waals surface area contributed by atoms with Gasteiger partial charge in [0.1, 0.15) is 11.4 Å². The summed E-state index contributed by atoms with van der Waals surface area (Å²) < 4.78 is 18.4. The Kier molecular flexibility index (Phi) is 5.33. The summed E-state index contributed by atoms with van der Waals surface area (Å²) in [5.41, 5.74) is 5.14. The smallest absolute Gasteiger partial charge is 0.340 e. The van der Waals surface area contributed by atoms with E-state index >= 15 is 0 Å². The summed E-state index contributed by atoms with van der Waals surface area (Å²) >= 11 is 0. The highest BCUT2D eigenvalue weighted by atomic mass is 19.1. The van der Waals surface area contributed by atoms with Crippen molar-refractivity contribution in [3.8, 4) is 0 Å². The number of aromatic carboxylic acids is 1. The maximum Gasteiger partial charge on any atom is 0.340 e. The number of nitrogens with one attached hydrogen (secondary N) is 1. The molecule has 0 aliphatic carbocycles. The number of halogens is 1. The zero-order valence-electron chi connectivity index (χ0n) is 12.0. The summed E-state index contributed by atoms with van der Waals surface area (Å²) in [6, 6.07) is 2.55. The minimum absolute atomic E-state index is 0.0884. The van der Waals surface area contributed by atoms with Gasteiger partial charge in [0, 0.05) is 20.3 Å². The number of methoxy groups -OCH3 is 1. The largest absolute Gasteiger partial charge is 0.478 e. The molecule has 1 aromatic rings. The normalized spacial score (nSPS) is 11.4. The molecule has 0 bridgehead atoms. The number of carboxylic acid groups (broad SMARTS) is 1. The van der Waals surface area contributed by atoms with E-state index in [0.29, 0.717) is 18.8 Å². The molecule has 0 aromatic heterocycles. The molecular formula is C14H21FN2O3. The molecule has 0 radical (unpaired) electrons. The Morgan fingerprint density at radius 2 is 2.15 bits per heavy atom. The number of nitrogen functional groups attached to an aromatic ring is 1. The monoisotopic (exact) mass is 284 g/mol. The number of hydrogen-bond donors (Lipinski definition) is 3. The average molecular weight is 284 g/mol. The van der Waals surface area contributed by atoms with Crippen LogP contribution in [0.4, 0.5) is 15.8 Å². The number of rotatable bonds is 7. The number of anilines is 2. The molecule has 0 fully saturated rings. The van der Waals surface area contributed by atoms with Crippen LogP contribution in [0.5, 0.6) is 0 Å². The van der Waals surface area contributed by atoms with Crippen molar-refractivity contribution in [3.05, 3.63) is 23.5 Å². The fourth-order valence-electron chi connectivity index (χ4n) is 1.77. The van der Waals surface area contributed by atoms with Crippen LogP contribution in [0.15, 0.2) is 12.1 Å². The molecule has 1 rings (SSSR count). The molecule has 0 unspecified atom stereocenters. The van der Waals surface area contributed by atoms with Crippen LogP contribution in [0.1, 0.15) is 30.6 Å². The van der Waals surface area contributed by atoms with Gasteiger partial charge in [-0.15, -0.1) is 0 Å². The summed E-state index contributed by atoms with van der Waals surface area (Å²) in [7, 11) is 1.63. The molecule has 0 atom stereocenters. The Balaban J connectivity index is 2.88. The molecule has 1 aromatic carbocycles. The predicted octanol–water partition coefficient (Wildman–Crippen LogP) is 2.58. The van der Waals surface area contributed by atoms with Gasteiger partial charge in [-0.1, -0.05) is 13.8 Å². The van der Waals surface area contributed by atoms with Crippen molar-refractivity contribution in [2.75, 3.05) is 31.3 Å². The Bertz CT molecular complexity index is 490. The van der Waals surface area contributed by atoms with Gasteiger partial charge >= 0.3 is 5.97 Å². The number of ether oxygens (including phenoxy) is 1. The third-order valence-electron chi connectivity index (χ3n) is 3.15. The first-order valence-corrected chi connectivity index (χ1v) is 6.32. The van der Waals surface area contributed by atoms with Crippen molar-refractivity contribution in [1.82, 2.24) is 0 Å². The molecule has 0 spiro atoms. The molecule has 112 valence electrons. The summed E-state index contributed by atoms with van der Waals surface area (Å²) in [6.45, 7) is 5.21. The van der Waals surface area contributed by atoms with E-state index in [1.165, 1.54) is 6.07 Å². The fraction of sp³-hybridized carbons (Fsp3) is 0.500. The van der Waals surface area contributed by atoms with Crippen molar-refractivity contribution in [2.45, 2.75) is 20.3 Å². The highest BCUT2D eigenvalue weighted by Gasteiger charge is 2.21. The molecule has 6 heteroatoms. The van der Waals surface area contributed by atoms with Gasteiger partial charge in [0.2, 0.25) is 0 Å². The SMILES string of the molecule is COCCC(C)(C)CNc1ccc(F)c(N)c1C(=O)O. The van der Waals surface area contributed by atoms with E-state index in [4.69, 9.17) is 15.6 Å². The first-order valence-electron chi connectivity index (χ1n) is 6.32. The fourth-order valence-corrected chi connectivity index (χ4v) is 1.77. The number of hydrogen-bond acceptors (Lipinski definition) is 4. The van der Waals surface area contributed by atoms with Gasteiger partial charge in [0.15, 0.2) is 0 Å². The molecule has 0 aliphatic heterocycles. The van der Waals surface area contributed by atoms with Gasteiger partial charge in [-0.25, -0.2) is 9.18 Å². The second-order valence-electron chi connectivity index (χ2n) is 5.45. The van der Waals surface area contributed by atoms with Crippen LogP contribution in [-0.4, -0.2) is 31.3 Å². The molecule has 0 aliphatic rings. The molecule has 0 heterocycles. The Morgan fingerprint density at radius 1 is 1.50 bits per heavy atom. The zero-order chi connectivity index (χ0) is 15.3. The quantitative estimate of drug-likeness (QED) is 0.670. The third-order valence-corrected chi connectivity index (χ3v) is 3.15. The van der Waals surface area contributed by atoms with Crippen molar-refractivity contribution in [1.29, 1.82) is 0 Å². The third kappa shape index (κ3) is 4.09. The molecule has 20 heavy (non-hydrogen) atoms. The lowest BCUT2D eigenvalue weighted by Gasteiger charge is -2.25. The van der Waals surface area contributed by atoms with Crippen LogP contribution < -0.4 is 11.1 Å². The molecular weight excluding hydrogens is 263 g/mol. The first-order chi connectivity index (χ1) is 9.28. The topological polar surface area (TPSA) is 84.6 Å². The molecule has 4 N–H and O–H groups in total. The summed E-state index contributed by atoms with van der Waals surface area (Å²) in [6.07, 6.45) is 0.815. The standard InChI is InChI=1S/C14H21FN2O3/c1-14(2,6-7-20-3)8-17-10-5-4-9(15)12(16)11(10)13(18)19/h4-5,17H,6-8,16H2,1-3H3,(H,18,19). The average Bonchev–Trinajstić information content (AvgIpc) is 2.37. The lowest BCUT2D eigenvalue weighted by Crippen LogP contribution is -2.25. The van der Waals surface area contributed by atoms with E-state index in [0.717, 1.165) is 12.5 Å². The predicted molar refractivity (Wildman–Crippen MR) is 76.5 cm³/mol. The number of carboxylic acids is 1. The first kappa shape index (κ1) is 16.2. The Labute approximate surface area is 117 Å². The van der Waals surface area contributed by atoms with Crippen molar-refractivity contribution < 1.29 is 19.0 Å². The van der Waals surface area contributed by atoms with Crippen LogP contribution in [0, 0.1) is 11.2 Å². The Morgan fingerprint density at radius 3 is 2.70 bits per heavy atom. The van der Waals surface area contributed by atoms with Gasteiger partial charge in [-0.2, -0.15) is 0 Å². The van der Waals surface area contributed by atoms with Gasteiger partial charge in [-0.3, -0.25) is 0 Å². The van der Waals surface area contributed by atoms with Crippen LogP contribution in [0.2, 0.25) is 0 Å². The second kappa shape index (κ2) is 6.56. The van der Waals surface area contributed by atoms with E-state index in [9.17, 15) is 9.18 Å². The lowest BCUT2D eigenvalue weighted by atomic mass is 9.89. The highest BCUT2D eigenvalue weighted by molar-refractivity contribution is 6.00. The summed E-state index contributed by atoms with van der Waals surface area (Å²) in [4.78, 5) is 11.2. The van der Waals surface area contributed by atoms with Gasteiger partial charge in [-0.05, 0) is 24.0 Å². The Hall–Kier alpha value is -1.82. The van der Waals surface area contributed by atoms with Crippen molar-refractivity contribution in [2.24, 2.45) is 5.41 Å². The van der Waals surface area contributed by atoms with Crippen molar-refractivity contribution >= 4 is 17.3 Å². The number of carbonyl (C=O) groups is 1. The van der Waals surface area contributed by atoms with Crippen LogP contribution in [-0.2, 0) is 4.74 Å². The second-order valence-corrected chi connectivity index (χ2v) is 5.45. The van der Waals surface area contributed by atoms with Gasteiger partial charge in [0.05, 0.1) is 11.4 Å². The number of benzene rings is 1. The summed E-state index contributed by atoms with van der Waals surface area (Å²) in [5.74, 6) is -1.98. The van der Waals surface area contributed by atoms with E-state index in [1.807, 2.05) is 13.8 Å². The maximum absolute atomic E-state index is 13.3.